The first-order valence-corrected chi connectivity index (χ1v) is 10.1. The third-order valence-electron chi connectivity index (χ3n) is 5.49. The first-order valence-electron chi connectivity index (χ1n) is 10.1. The first-order chi connectivity index (χ1) is 15.2. The summed E-state index contributed by atoms with van der Waals surface area (Å²) >= 11 is 0. The van der Waals surface area contributed by atoms with Crippen LogP contribution in [0, 0.1) is 11.8 Å². The Morgan fingerprint density at radius 3 is 2.19 bits per heavy atom. The molecule has 0 amide bonds. The molecule has 2 fully saturated rings. The zero-order valence-electron chi connectivity index (χ0n) is 17.0. The molecule has 10 atom stereocenters. The van der Waals surface area contributed by atoms with E-state index in [0.29, 0.717) is 5.56 Å². The normalized spacial score (nSPS) is 42.2. The molecule has 8 N–H and O–H groups in total. The molecule has 178 valence electrons. The van der Waals surface area contributed by atoms with Crippen molar-refractivity contribution in [1.29, 1.82) is 0 Å². The van der Waals surface area contributed by atoms with Gasteiger partial charge < -0.3 is 55.1 Å². The van der Waals surface area contributed by atoms with E-state index < -0.39 is 80.5 Å². The van der Waals surface area contributed by atoms with E-state index in [1.54, 1.807) is 24.3 Å². The predicted molar refractivity (Wildman–Crippen MR) is 105 cm³/mol. The Balaban J connectivity index is 1.66. The summed E-state index contributed by atoms with van der Waals surface area (Å²) < 4.78 is 15.9. The zero-order chi connectivity index (χ0) is 23.5. The molecule has 2 aliphatic heterocycles. The second-order valence-electron chi connectivity index (χ2n) is 7.80. The van der Waals surface area contributed by atoms with Crippen molar-refractivity contribution in [1.82, 2.24) is 0 Å². The molecule has 1 aromatic rings. The van der Waals surface area contributed by atoms with Gasteiger partial charge in [-0.2, -0.15) is 0 Å². The topological polar surface area (TPSA) is 190 Å². The minimum atomic E-state index is -2.33. The second kappa shape index (κ2) is 10.5. The standard InChI is InChI=1S/C21H28O11/c22-9-12-14(23)16(25)18(27)20(31-12)30-10-13-15(24)17(26)19(28)21(29,32-13)8-4-7-11-5-2-1-3-6-11/h1-3,5-6,12-20,22-29H,8-10H2/t12-,13-,14-,15-,16+,17+,18-,19-,20-,21?/m1/s1. The molecule has 32 heavy (non-hydrogen) atoms. The summed E-state index contributed by atoms with van der Waals surface area (Å²) in [5, 5.41) is 80.3. The number of aliphatic hydroxyl groups excluding tert-OH is 7. The molecule has 11 heteroatoms. The molecule has 0 bridgehead atoms. The number of hydrogen-bond donors (Lipinski definition) is 8. The maximum Gasteiger partial charge on any atom is 0.206 e. The van der Waals surface area contributed by atoms with Crippen LogP contribution in [0.4, 0.5) is 0 Å². The van der Waals surface area contributed by atoms with Crippen LogP contribution in [0.5, 0.6) is 0 Å². The van der Waals surface area contributed by atoms with Crippen LogP contribution in [-0.4, -0.2) is 115 Å². The summed E-state index contributed by atoms with van der Waals surface area (Å²) in [6.45, 7) is -1.19. The Kier molecular flexibility index (Phi) is 8.21. The molecular weight excluding hydrogens is 428 g/mol. The lowest BCUT2D eigenvalue weighted by Gasteiger charge is -2.46. The van der Waals surface area contributed by atoms with Gasteiger partial charge in [-0.05, 0) is 12.1 Å². The van der Waals surface area contributed by atoms with Crippen LogP contribution in [0.3, 0.4) is 0 Å². The summed E-state index contributed by atoms with van der Waals surface area (Å²) in [5.74, 6) is 3.12. The van der Waals surface area contributed by atoms with E-state index in [2.05, 4.69) is 11.8 Å². The summed E-state index contributed by atoms with van der Waals surface area (Å²) in [5.41, 5.74) is 0.657. The van der Waals surface area contributed by atoms with E-state index >= 15 is 0 Å². The zero-order valence-corrected chi connectivity index (χ0v) is 17.0. The lowest BCUT2D eigenvalue weighted by atomic mass is 9.91. The molecule has 1 unspecified atom stereocenters. The van der Waals surface area contributed by atoms with Crippen molar-refractivity contribution >= 4 is 0 Å². The Labute approximate surface area is 184 Å². The Morgan fingerprint density at radius 1 is 0.875 bits per heavy atom. The molecule has 0 spiro atoms. The van der Waals surface area contributed by atoms with Gasteiger partial charge >= 0.3 is 0 Å². The maximum absolute atomic E-state index is 10.7. The quantitative estimate of drug-likeness (QED) is 0.205. The third kappa shape index (κ3) is 5.28. The molecule has 2 saturated heterocycles. The third-order valence-corrected chi connectivity index (χ3v) is 5.49. The average molecular weight is 456 g/mol. The second-order valence-corrected chi connectivity index (χ2v) is 7.80. The predicted octanol–water partition coefficient (Wildman–Crippen LogP) is -3.59. The van der Waals surface area contributed by atoms with Crippen LogP contribution in [0.2, 0.25) is 0 Å². The van der Waals surface area contributed by atoms with Crippen molar-refractivity contribution in [3.8, 4) is 11.8 Å². The fraction of sp³-hybridized carbons (Fsp3) is 0.619. The van der Waals surface area contributed by atoms with Gasteiger partial charge in [0.05, 0.1) is 19.6 Å². The lowest BCUT2D eigenvalue weighted by Crippen LogP contribution is -2.65. The first kappa shape index (κ1) is 25.0. The van der Waals surface area contributed by atoms with Gasteiger partial charge in [-0.1, -0.05) is 30.0 Å². The SMILES string of the molecule is OC[C@H]1O[C@@H](OC[C@H]2OC(O)(CC#Cc3ccccc3)[C@H](O)[C@@H](O)[C@@H]2O)[C@H](O)[C@@H](O)[C@@H]1O. The molecule has 0 radical (unpaired) electrons. The van der Waals surface area contributed by atoms with Crippen molar-refractivity contribution in [3.63, 3.8) is 0 Å². The summed E-state index contributed by atoms with van der Waals surface area (Å²) in [6, 6.07) is 8.84. The van der Waals surface area contributed by atoms with Crippen LogP contribution < -0.4 is 0 Å². The number of ether oxygens (including phenoxy) is 3. The lowest BCUT2D eigenvalue weighted by molar-refractivity contribution is -0.360. The van der Waals surface area contributed by atoms with E-state index in [-0.39, 0.29) is 0 Å². The van der Waals surface area contributed by atoms with Crippen molar-refractivity contribution in [2.45, 2.75) is 67.3 Å². The minimum absolute atomic E-state index is 0.399. The van der Waals surface area contributed by atoms with Crippen LogP contribution in [-0.2, 0) is 14.2 Å². The van der Waals surface area contributed by atoms with E-state index in [0.717, 1.165) is 0 Å². The molecule has 3 rings (SSSR count). The molecule has 1 aromatic carbocycles. The van der Waals surface area contributed by atoms with E-state index in [9.17, 15) is 40.9 Å². The van der Waals surface area contributed by atoms with Crippen LogP contribution in [0.25, 0.3) is 0 Å². The highest BCUT2D eigenvalue weighted by molar-refractivity contribution is 5.33. The fourth-order valence-electron chi connectivity index (χ4n) is 3.54. The number of hydrogen-bond acceptors (Lipinski definition) is 11. The van der Waals surface area contributed by atoms with Gasteiger partial charge in [0.15, 0.2) is 6.29 Å². The molecular formula is C21H28O11. The van der Waals surface area contributed by atoms with E-state index in [1.807, 2.05) is 6.07 Å². The van der Waals surface area contributed by atoms with Gasteiger partial charge in [0.1, 0.15) is 48.8 Å². The van der Waals surface area contributed by atoms with Crippen LogP contribution in [0.1, 0.15) is 12.0 Å². The monoisotopic (exact) mass is 456 g/mol. The highest BCUT2D eigenvalue weighted by atomic mass is 16.7. The number of aliphatic hydroxyl groups is 8. The van der Waals surface area contributed by atoms with Crippen molar-refractivity contribution in [2.75, 3.05) is 13.2 Å². The average Bonchev–Trinajstić information content (AvgIpc) is 2.79. The maximum atomic E-state index is 10.7. The Morgan fingerprint density at radius 2 is 1.53 bits per heavy atom. The molecule has 2 heterocycles. The minimum Gasteiger partial charge on any atom is -0.394 e. The van der Waals surface area contributed by atoms with Gasteiger partial charge in [-0.3, -0.25) is 0 Å². The van der Waals surface area contributed by atoms with Crippen LogP contribution in [0.15, 0.2) is 30.3 Å². The molecule has 2 aliphatic rings. The molecule has 0 aliphatic carbocycles. The number of benzene rings is 1. The van der Waals surface area contributed by atoms with E-state index in [1.165, 1.54) is 0 Å². The largest absolute Gasteiger partial charge is 0.394 e. The smallest absolute Gasteiger partial charge is 0.206 e. The van der Waals surface area contributed by atoms with Crippen molar-refractivity contribution < 1.29 is 55.1 Å². The van der Waals surface area contributed by atoms with Gasteiger partial charge in [0, 0.05) is 5.56 Å². The van der Waals surface area contributed by atoms with Gasteiger partial charge in [0.2, 0.25) is 5.79 Å². The van der Waals surface area contributed by atoms with E-state index in [4.69, 9.17) is 14.2 Å². The molecule has 11 nitrogen and oxygen atoms in total. The Hall–Kier alpha value is -1.66. The van der Waals surface area contributed by atoms with Crippen LogP contribution >= 0.6 is 0 Å². The van der Waals surface area contributed by atoms with Gasteiger partial charge in [-0.15, -0.1) is 0 Å². The van der Waals surface area contributed by atoms with Crippen molar-refractivity contribution in [3.05, 3.63) is 35.9 Å². The van der Waals surface area contributed by atoms with Gasteiger partial charge in [0.25, 0.3) is 0 Å². The Bertz CT molecular complexity index is 794. The summed E-state index contributed by atoms with van der Waals surface area (Å²) in [7, 11) is 0. The number of rotatable bonds is 5. The molecule has 0 saturated carbocycles. The highest BCUT2D eigenvalue weighted by Gasteiger charge is 2.53. The highest BCUT2D eigenvalue weighted by Crippen LogP contribution is 2.31. The summed E-state index contributed by atoms with van der Waals surface area (Å²) in [6.07, 6.45) is -14.7. The van der Waals surface area contributed by atoms with Gasteiger partial charge in [-0.25, -0.2) is 0 Å². The molecule has 0 aromatic heterocycles. The summed E-state index contributed by atoms with van der Waals surface area (Å²) in [4.78, 5) is 0. The fourth-order valence-corrected chi connectivity index (χ4v) is 3.54. The van der Waals surface area contributed by atoms with Crippen molar-refractivity contribution in [2.24, 2.45) is 0 Å².